The van der Waals surface area contributed by atoms with Gasteiger partial charge < -0.3 is 5.73 Å². The van der Waals surface area contributed by atoms with Gasteiger partial charge in [0.05, 0.1) is 23.0 Å². The van der Waals surface area contributed by atoms with Gasteiger partial charge in [-0.15, -0.1) is 0 Å². The number of likely N-dealkylation sites (tertiary alicyclic amines) is 1. The molecule has 1 aliphatic heterocycles. The molecule has 1 aromatic heterocycles. The smallest absolute Gasteiger partial charge is 0.0834 e. The Labute approximate surface area is 132 Å². The molecule has 1 saturated heterocycles. The maximum Gasteiger partial charge on any atom is 0.0834 e. The fourth-order valence-electron chi connectivity index (χ4n) is 4.30. The monoisotopic (exact) mass is 310 g/mol. The van der Waals surface area contributed by atoms with E-state index in [1.807, 2.05) is 4.68 Å². The maximum absolute atomic E-state index is 6.80. The fourth-order valence-corrected chi connectivity index (χ4v) is 4.56. The minimum absolute atomic E-state index is 0.0281. The van der Waals surface area contributed by atoms with Crippen LogP contribution in [-0.2, 0) is 6.54 Å². The summed E-state index contributed by atoms with van der Waals surface area (Å²) in [5.74, 6) is 0. The first kappa shape index (κ1) is 15.3. The highest BCUT2D eigenvalue weighted by atomic mass is 35.5. The van der Waals surface area contributed by atoms with Crippen molar-refractivity contribution in [3.8, 4) is 0 Å². The van der Waals surface area contributed by atoms with E-state index in [1.165, 1.54) is 51.6 Å². The van der Waals surface area contributed by atoms with E-state index in [0.29, 0.717) is 0 Å². The molecule has 0 bridgehead atoms. The first-order valence-electron chi connectivity index (χ1n) is 8.41. The fraction of sp³-hybridized carbons (Fsp3) is 0.812. The van der Waals surface area contributed by atoms with Gasteiger partial charge >= 0.3 is 0 Å². The zero-order valence-corrected chi connectivity index (χ0v) is 13.8. The van der Waals surface area contributed by atoms with Crippen LogP contribution in [0.1, 0.15) is 63.6 Å². The Bertz CT molecular complexity index is 473. The zero-order chi connectivity index (χ0) is 14.9. The van der Waals surface area contributed by atoms with Crippen LogP contribution in [0.4, 0.5) is 0 Å². The lowest BCUT2D eigenvalue weighted by Gasteiger charge is -2.43. The van der Waals surface area contributed by atoms with Crippen LogP contribution in [0.3, 0.4) is 0 Å². The Hall–Kier alpha value is -0.580. The van der Waals surface area contributed by atoms with Crippen molar-refractivity contribution < 1.29 is 0 Å². The summed E-state index contributed by atoms with van der Waals surface area (Å²) in [6.45, 7) is 5.43. The summed E-state index contributed by atoms with van der Waals surface area (Å²) in [4.78, 5) is 2.64. The predicted octanol–water partition coefficient (Wildman–Crippen LogP) is 3.35. The first-order valence-corrected chi connectivity index (χ1v) is 8.78. The summed E-state index contributed by atoms with van der Waals surface area (Å²) in [7, 11) is 0. The average molecular weight is 311 g/mol. The van der Waals surface area contributed by atoms with E-state index in [-0.39, 0.29) is 11.6 Å². The molecule has 1 aromatic rings. The van der Waals surface area contributed by atoms with Crippen molar-refractivity contribution in [1.29, 1.82) is 0 Å². The second-order valence-electron chi connectivity index (χ2n) is 6.58. The second-order valence-corrected chi connectivity index (χ2v) is 6.99. The largest absolute Gasteiger partial charge is 0.321 e. The number of aryl methyl sites for hydroxylation is 1. The van der Waals surface area contributed by atoms with E-state index < -0.39 is 0 Å². The first-order chi connectivity index (χ1) is 10.2. The molecule has 1 atom stereocenters. The van der Waals surface area contributed by atoms with Gasteiger partial charge in [0, 0.05) is 12.1 Å². The van der Waals surface area contributed by atoms with Crippen molar-refractivity contribution in [3.05, 3.63) is 16.9 Å². The molecule has 118 valence electrons. The van der Waals surface area contributed by atoms with Gasteiger partial charge in [-0.05, 0) is 45.2 Å². The van der Waals surface area contributed by atoms with Crippen LogP contribution in [0, 0.1) is 0 Å². The third-order valence-electron chi connectivity index (χ3n) is 5.35. The van der Waals surface area contributed by atoms with E-state index in [1.54, 1.807) is 6.20 Å². The third-order valence-corrected chi connectivity index (χ3v) is 5.64. The van der Waals surface area contributed by atoms with Crippen LogP contribution in [0.25, 0.3) is 0 Å². The van der Waals surface area contributed by atoms with Gasteiger partial charge in [0.1, 0.15) is 0 Å². The Morgan fingerprint density at radius 3 is 2.57 bits per heavy atom. The van der Waals surface area contributed by atoms with Crippen LogP contribution in [0.15, 0.2) is 6.20 Å². The molecule has 1 unspecified atom stereocenters. The molecule has 2 aliphatic rings. The molecule has 2 fully saturated rings. The Kier molecular flexibility index (Phi) is 4.57. The molecular weight excluding hydrogens is 284 g/mol. The topological polar surface area (TPSA) is 47.1 Å². The second kappa shape index (κ2) is 6.27. The minimum atomic E-state index is -0.0281. The van der Waals surface area contributed by atoms with Crippen molar-refractivity contribution in [1.82, 2.24) is 14.7 Å². The molecule has 2 heterocycles. The zero-order valence-electron chi connectivity index (χ0n) is 13.0. The lowest BCUT2D eigenvalue weighted by atomic mass is 9.84. The number of halogens is 1. The molecule has 2 N–H and O–H groups in total. The van der Waals surface area contributed by atoms with Crippen LogP contribution in [0.5, 0.6) is 0 Å². The molecular formula is C16H27ClN4. The summed E-state index contributed by atoms with van der Waals surface area (Å²) in [5.41, 5.74) is 7.96. The van der Waals surface area contributed by atoms with Crippen LogP contribution in [-0.4, -0.2) is 33.3 Å². The number of aromatic nitrogens is 2. The van der Waals surface area contributed by atoms with Gasteiger partial charge in [-0.3, -0.25) is 9.58 Å². The molecule has 0 amide bonds. The summed E-state index contributed by atoms with van der Waals surface area (Å²) in [6.07, 6.45) is 10.4. The highest BCUT2D eigenvalue weighted by Gasteiger charge is 2.47. The van der Waals surface area contributed by atoms with Crippen molar-refractivity contribution in [3.63, 3.8) is 0 Å². The average Bonchev–Trinajstić information content (AvgIpc) is 3.19. The molecule has 0 aromatic carbocycles. The molecule has 0 spiro atoms. The van der Waals surface area contributed by atoms with Crippen molar-refractivity contribution >= 4 is 11.6 Å². The quantitative estimate of drug-likeness (QED) is 0.907. The van der Waals surface area contributed by atoms with E-state index >= 15 is 0 Å². The van der Waals surface area contributed by atoms with Gasteiger partial charge in [0.25, 0.3) is 0 Å². The summed E-state index contributed by atoms with van der Waals surface area (Å²) in [5, 5.41) is 5.18. The molecule has 1 aliphatic carbocycles. The summed E-state index contributed by atoms with van der Waals surface area (Å²) < 4.78 is 2.03. The molecule has 4 nitrogen and oxygen atoms in total. The number of rotatable bonds is 5. The molecule has 21 heavy (non-hydrogen) atoms. The Morgan fingerprint density at radius 1 is 1.29 bits per heavy atom. The van der Waals surface area contributed by atoms with Crippen LogP contribution >= 0.6 is 11.6 Å². The third kappa shape index (κ3) is 2.62. The van der Waals surface area contributed by atoms with E-state index in [0.717, 1.165) is 23.7 Å². The van der Waals surface area contributed by atoms with Crippen molar-refractivity contribution in [2.24, 2.45) is 5.73 Å². The lowest BCUT2D eigenvalue weighted by molar-refractivity contribution is 0.0887. The van der Waals surface area contributed by atoms with Crippen LogP contribution < -0.4 is 5.73 Å². The van der Waals surface area contributed by atoms with Gasteiger partial charge in [0.15, 0.2) is 0 Å². The van der Waals surface area contributed by atoms with Crippen molar-refractivity contribution in [2.45, 2.75) is 70.0 Å². The standard InChI is InChI=1S/C16H27ClN4/c1-2-9-21-14(13(17)12-19-21)15(18)16(7-3-4-8-16)20-10-5-6-11-20/h12,15H,2-11,18H2,1H3. The number of hydrogen-bond donors (Lipinski definition) is 1. The number of nitrogens with zero attached hydrogens (tertiary/aromatic N) is 3. The van der Waals surface area contributed by atoms with Crippen LogP contribution in [0.2, 0.25) is 5.02 Å². The lowest BCUT2D eigenvalue weighted by Crippen LogP contribution is -2.53. The van der Waals surface area contributed by atoms with Gasteiger partial charge in [-0.25, -0.2) is 0 Å². The highest BCUT2D eigenvalue weighted by Crippen LogP contribution is 2.46. The molecule has 1 saturated carbocycles. The normalized spacial score (nSPS) is 23.8. The molecule has 5 heteroatoms. The number of nitrogens with two attached hydrogens (primary N) is 1. The molecule has 0 radical (unpaired) electrons. The SMILES string of the molecule is CCCn1ncc(Cl)c1C(N)C1(N2CCCC2)CCCC1. The minimum Gasteiger partial charge on any atom is -0.321 e. The summed E-state index contributed by atoms with van der Waals surface area (Å²) in [6, 6.07) is -0.0281. The van der Waals surface area contributed by atoms with Gasteiger partial charge in [0.2, 0.25) is 0 Å². The Morgan fingerprint density at radius 2 is 1.95 bits per heavy atom. The van der Waals surface area contributed by atoms with Gasteiger partial charge in [-0.2, -0.15) is 5.10 Å². The maximum atomic E-state index is 6.80. The highest BCUT2D eigenvalue weighted by molar-refractivity contribution is 6.31. The molecule has 3 rings (SSSR count). The summed E-state index contributed by atoms with van der Waals surface area (Å²) >= 11 is 6.44. The van der Waals surface area contributed by atoms with Crippen molar-refractivity contribution in [2.75, 3.05) is 13.1 Å². The predicted molar refractivity (Wildman–Crippen MR) is 86.5 cm³/mol. The Balaban J connectivity index is 1.94. The van der Waals surface area contributed by atoms with Gasteiger partial charge in [-0.1, -0.05) is 31.4 Å². The van der Waals surface area contributed by atoms with E-state index in [4.69, 9.17) is 17.3 Å². The van der Waals surface area contributed by atoms with E-state index in [9.17, 15) is 0 Å². The van der Waals surface area contributed by atoms with E-state index in [2.05, 4.69) is 16.9 Å². The number of hydrogen-bond acceptors (Lipinski definition) is 3.